The average molecular weight is 358 g/mol. The lowest BCUT2D eigenvalue weighted by atomic mass is 10.2. The Morgan fingerprint density at radius 3 is 2.25 bits per heavy atom. The molecule has 0 aliphatic carbocycles. The van der Waals surface area contributed by atoms with E-state index >= 15 is 0 Å². The van der Waals surface area contributed by atoms with Gasteiger partial charge in [-0.05, 0) is 24.3 Å². The summed E-state index contributed by atoms with van der Waals surface area (Å²) in [5.74, 6) is 0.217. The summed E-state index contributed by atoms with van der Waals surface area (Å²) in [6, 6.07) is 10.5. The Morgan fingerprint density at radius 2 is 1.71 bits per heavy atom. The minimum absolute atomic E-state index is 0.141. The lowest BCUT2D eigenvalue weighted by molar-refractivity contribution is -0.141. The lowest BCUT2D eigenvalue weighted by Gasteiger charge is -2.39. The maximum Gasteiger partial charge on any atom is 0.435 e. The number of hydrogen-bond donors (Lipinski definition) is 1. The monoisotopic (exact) mass is 358 g/mol. The average Bonchev–Trinajstić information content (AvgIpc) is 2.45. The van der Waals surface area contributed by atoms with Crippen LogP contribution in [0.25, 0.3) is 0 Å². The highest BCUT2D eigenvalue weighted by atomic mass is 32.2. The summed E-state index contributed by atoms with van der Waals surface area (Å²) in [5, 5.41) is 5.97. The van der Waals surface area contributed by atoms with E-state index in [4.69, 9.17) is 0 Å². The van der Waals surface area contributed by atoms with E-state index < -0.39 is 27.1 Å². The molecule has 1 N–H and O–H groups in total. The molecule has 0 atom stereocenters. The van der Waals surface area contributed by atoms with Crippen LogP contribution < -0.4 is 9.62 Å². The van der Waals surface area contributed by atoms with Crippen molar-refractivity contribution in [3.05, 3.63) is 48.2 Å². The third-order valence-corrected chi connectivity index (χ3v) is 5.28. The van der Waals surface area contributed by atoms with E-state index in [1.165, 1.54) is 6.07 Å². The van der Waals surface area contributed by atoms with Gasteiger partial charge in [-0.2, -0.15) is 13.2 Å². The van der Waals surface area contributed by atoms with E-state index in [-0.39, 0.29) is 18.9 Å². The first-order valence-electron chi connectivity index (χ1n) is 6.98. The highest BCUT2D eigenvalue weighted by Crippen LogP contribution is 2.29. The molecule has 6 nitrogen and oxygen atoms in total. The fraction of sp³-hybridized carbons (Fsp3) is 0.286. The maximum absolute atomic E-state index is 12.4. The fourth-order valence-corrected chi connectivity index (χ4v) is 3.60. The van der Waals surface area contributed by atoms with Crippen molar-refractivity contribution in [3.8, 4) is 0 Å². The van der Waals surface area contributed by atoms with Crippen molar-refractivity contribution in [1.29, 1.82) is 0 Å². The Kier molecular flexibility index (Phi) is 4.08. The molecule has 1 aromatic carbocycles. The summed E-state index contributed by atoms with van der Waals surface area (Å²) in [6.45, 7) is 0.282. The van der Waals surface area contributed by atoms with Gasteiger partial charge in [0.25, 0.3) is 0 Å². The van der Waals surface area contributed by atoms with E-state index in [0.717, 1.165) is 6.07 Å². The van der Waals surface area contributed by atoms with Crippen LogP contribution in [0.4, 0.5) is 24.7 Å². The molecule has 10 heteroatoms. The number of anilines is 2. The molecule has 1 aromatic heterocycles. The number of hydrogen-bond acceptors (Lipinski definition) is 5. The van der Waals surface area contributed by atoms with Crippen LogP contribution in [0.3, 0.4) is 0 Å². The smallest absolute Gasteiger partial charge is 0.352 e. The molecule has 0 radical (unpaired) electrons. The van der Waals surface area contributed by atoms with Gasteiger partial charge in [0.15, 0.2) is 11.5 Å². The molecule has 0 amide bonds. The van der Waals surface area contributed by atoms with Crippen molar-refractivity contribution in [2.75, 3.05) is 22.7 Å². The van der Waals surface area contributed by atoms with Crippen LogP contribution in [0.2, 0.25) is 0 Å². The van der Waals surface area contributed by atoms with Crippen molar-refractivity contribution in [2.24, 2.45) is 0 Å². The summed E-state index contributed by atoms with van der Waals surface area (Å²) in [4.78, 5) is 1.56. The van der Waals surface area contributed by atoms with Gasteiger partial charge >= 0.3 is 6.18 Å². The Hall–Kier alpha value is -2.36. The predicted octanol–water partition coefficient (Wildman–Crippen LogP) is 2.13. The molecule has 1 fully saturated rings. The Bertz CT molecular complexity index is 804. The molecule has 0 unspecified atom stereocenters. The molecule has 2 aromatic rings. The molecule has 128 valence electrons. The Balaban J connectivity index is 1.62. The molecule has 0 saturated carbocycles. The maximum atomic E-state index is 12.4. The quantitative estimate of drug-likeness (QED) is 0.906. The number of aromatic nitrogens is 2. The molecule has 2 heterocycles. The van der Waals surface area contributed by atoms with Crippen LogP contribution in [0.1, 0.15) is 5.69 Å². The summed E-state index contributed by atoms with van der Waals surface area (Å²) >= 11 is 0. The number of rotatable bonds is 4. The number of nitrogens with one attached hydrogen (secondary N) is 1. The van der Waals surface area contributed by atoms with Crippen LogP contribution in [0, 0.1) is 0 Å². The van der Waals surface area contributed by atoms with Gasteiger partial charge in [0, 0.05) is 18.8 Å². The van der Waals surface area contributed by atoms with Gasteiger partial charge in [-0.15, -0.1) is 10.2 Å². The van der Waals surface area contributed by atoms with Gasteiger partial charge in [0.05, 0.1) is 0 Å². The molecule has 0 bridgehead atoms. The normalized spacial score (nSPS) is 15.9. The summed E-state index contributed by atoms with van der Waals surface area (Å²) < 4.78 is 64.2. The lowest BCUT2D eigenvalue weighted by Crippen LogP contribution is -2.56. The highest BCUT2D eigenvalue weighted by Gasteiger charge is 2.39. The third kappa shape index (κ3) is 3.42. The largest absolute Gasteiger partial charge is 0.435 e. The Labute approximate surface area is 136 Å². The molecule has 1 aliphatic heterocycles. The number of sulfonamides is 1. The summed E-state index contributed by atoms with van der Waals surface area (Å²) in [6.07, 6.45) is -4.55. The number of benzene rings is 1. The standard InChI is InChI=1S/C14H13F3N4O2S/c15-14(16,17)12-6-7-13(19-18-12)21-8-11(9-21)24(22,23)20-10-4-2-1-3-5-10/h1-7,11,20H,8-9H2. The molecule has 24 heavy (non-hydrogen) atoms. The van der Waals surface area contributed by atoms with Gasteiger partial charge in [0.1, 0.15) is 5.25 Å². The third-order valence-electron chi connectivity index (χ3n) is 3.59. The number of alkyl halides is 3. The van der Waals surface area contributed by atoms with Crippen LogP contribution >= 0.6 is 0 Å². The first-order valence-corrected chi connectivity index (χ1v) is 8.53. The SMILES string of the molecule is O=S(=O)(Nc1ccccc1)C1CN(c2ccc(C(F)(F)F)nn2)C1. The second-order valence-electron chi connectivity index (χ2n) is 5.31. The molecule has 0 spiro atoms. The zero-order valence-electron chi connectivity index (χ0n) is 12.2. The summed E-state index contributed by atoms with van der Waals surface area (Å²) in [7, 11) is -3.57. The minimum Gasteiger partial charge on any atom is -0.352 e. The summed E-state index contributed by atoms with van der Waals surface area (Å²) in [5.41, 5.74) is -0.619. The van der Waals surface area contributed by atoms with Crippen LogP contribution in [-0.2, 0) is 16.2 Å². The van der Waals surface area contributed by atoms with E-state index in [1.54, 1.807) is 35.2 Å². The number of nitrogens with zero attached hydrogens (tertiary/aromatic N) is 3. The second-order valence-corrected chi connectivity index (χ2v) is 7.28. The van der Waals surface area contributed by atoms with Gasteiger partial charge in [-0.25, -0.2) is 8.42 Å². The Morgan fingerprint density at radius 1 is 1.04 bits per heavy atom. The van der Waals surface area contributed by atoms with Crippen LogP contribution in [0.5, 0.6) is 0 Å². The van der Waals surface area contributed by atoms with Crippen LogP contribution in [-0.4, -0.2) is 37.0 Å². The van der Waals surface area contributed by atoms with Crippen molar-refractivity contribution < 1.29 is 21.6 Å². The van der Waals surface area contributed by atoms with Gasteiger partial charge in [-0.3, -0.25) is 4.72 Å². The van der Waals surface area contributed by atoms with Crippen molar-refractivity contribution >= 4 is 21.5 Å². The first kappa shape index (κ1) is 16.5. The van der Waals surface area contributed by atoms with Gasteiger partial charge < -0.3 is 4.90 Å². The minimum atomic E-state index is -4.55. The fourth-order valence-electron chi connectivity index (χ4n) is 2.22. The first-order chi connectivity index (χ1) is 11.3. The van der Waals surface area contributed by atoms with Gasteiger partial charge in [-0.1, -0.05) is 18.2 Å². The highest BCUT2D eigenvalue weighted by molar-refractivity contribution is 7.93. The topological polar surface area (TPSA) is 75.2 Å². The zero-order valence-corrected chi connectivity index (χ0v) is 13.0. The predicted molar refractivity (Wildman–Crippen MR) is 82.0 cm³/mol. The van der Waals surface area contributed by atoms with Crippen molar-refractivity contribution in [1.82, 2.24) is 10.2 Å². The number of halogens is 3. The van der Waals surface area contributed by atoms with E-state index in [1.807, 2.05) is 0 Å². The molecular weight excluding hydrogens is 345 g/mol. The van der Waals surface area contributed by atoms with Crippen LogP contribution in [0.15, 0.2) is 42.5 Å². The van der Waals surface area contributed by atoms with Crippen molar-refractivity contribution in [2.45, 2.75) is 11.4 Å². The molecular formula is C14H13F3N4O2S. The van der Waals surface area contributed by atoms with Gasteiger partial charge in [0.2, 0.25) is 10.0 Å². The van der Waals surface area contributed by atoms with Crippen molar-refractivity contribution in [3.63, 3.8) is 0 Å². The molecule has 1 aliphatic rings. The molecule has 1 saturated heterocycles. The van der Waals surface area contributed by atoms with E-state index in [0.29, 0.717) is 5.69 Å². The van der Waals surface area contributed by atoms with E-state index in [9.17, 15) is 21.6 Å². The zero-order chi connectivity index (χ0) is 17.4. The second kappa shape index (κ2) is 5.93. The van der Waals surface area contributed by atoms with E-state index in [2.05, 4.69) is 14.9 Å². The molecule has 3 rings (SSSR count). The number of para-hydroxylation sites is 1.